The van der Waals surface area contributed by atoms with E-state index in [1.165, 1.54) is 28.4 Å². The van der Waals surface area contributed by atoms with Crippen molar-refractivity contribution in [3.8, 4) is 0 Å². The molecule has 6 N–H and O–H groups in total. The number of nitrogens with one attached hydrogen (secondary N) is 6. The number of hydrogen-bond donors (Lipinski definition) is 6. The van der Waals surface area contributed by atoms with E-state index in [1.807, 2.05) is 0 Å². The van der Waals surface area contributed by atoms with E-state index in [0.717, 1.165) is 0 Å². The van der Waals surface area contributed by atoms with Crippen LogP contribution in [-0.4, -0.2) is 205 Å². The number of esters is 1. The Morgan fingerprint density at radius 2 is 0.765 bits per heavy atom. The van der Waals surface area contributed by atoms with Crippen molar-refractivity contribution in [2.24, 2.45) is 0 Å². The van der Waals surface area contributed by atoms with Crippen LogP contribution in [-0.2, 0) is 95.1 Å². The zero-order chi connectivity index (χ0) is 59.5. The number of alkyl carbamates (subject to hydrolysis) is 1. The average molecular weight is 1160 g/mol. The van der Waals surface area contributed by atoms with Crippen molar-refractivity contribution in [1.29, 1.82) is 0 Å². The van der Waals surface area contributed by atoms with Gasteiger partial charge in [0, 0.05) is 79.5 Å². The van der Waals surface area contributed by atoms with Gasteiger partial charge in [-0.25, -0.2) is 4.79 Å². The van der Waals surface area contributed by atoms with Crippen molar-refractivity contribution in [3.05, 3.63) is 0 Å². The Bertz CT molecular complexity index is 2140. The van der Waals surface area contributed by atoms with E-state index in [9.17, 15) is 33.6 Å². The fourth-order valence-electron chi connectivity index (χ4n) is 10.9. The molecule has 0 aromatic rings. The van der Waals surface area contributed by atoms with Gasteiger partial charge < -0.3 is 98.2 Å². The molecule has 6 aliphatic rings. The highest BCUT2D eigenvalue weighted by Crippen LogP contribution is 2.43. The molecule has 0 unspecified atom stereocenters. The van der Waals surface area contributed by atoms with Gasteiger partial charge in [0.15, 0.2) is 36.2 Å². The van der Waals surface area contributed by atoms with Crippen LogP contribution < -0.4 is 31.9 Å². The van der Waals surface area contributed by atoms with Gasteiger partial charge in [-0.15, -0.1) is 0 Å². The van der Waals surface area contributed by atoms with Crippen LogP contribution in [0.25, 0.3) is 0 Å². The molecule has 462 valence electrons. The Kier molecular flexibility index (Phi) is 23.5. The van der Waals surface area contributed by atoms with Gasteiger partial charge in [-0.05, 0) is 101 Å². The van der Waals surface area contributed by atoms with Crippen LogP contribution in [0.15, 0.2) is 0 Å². The summed E-state index contributed by atoms with van der Waals surface area (Å²) in [7, 11) is 5.83. The maximum Gasteiger partial charge on any atom is 0.407 e. The summed E-state index contributed by atoms with van der Waals surface area (Å²) in [4.78, 5) is 91.0. The molecule has 81 heavy (non-hydrogen) atoms. The van der Waals surface area contributed by atoms with Crippen molar-refractivity contribution in [2.45, 2.75) is 254 Å². The number of carbonyl (C=O) groups excluding carboxylic acids is 7. The van der Waals surface area contributed by atoms with Crippen LogP contribution in [0, 0.1) is 0 Å². The summed E-state index contributed by atoms with van der Waals surface area (Å²) in [6.45, 7) is 16.4. The molecule has 0 radical (unpaired) electrons. The number of ether oxygens (including phenoxy) is 14. The van der Waals surface area contributed by atoms with Crippen molar-refractivity contribution >= 4 is 41.6 Å². The highest BCUT2D eigenvalue weighted by atomic mass is 16.9. The monoisotopic (exact) mass is 1160 g/mol. The largest absolute Gasteiger partial charge is 0.469 e. The summed E-state index contributed by atoms with van der Waals surface area (Å²) in [6, 6.07) is -2.13. The molecule has 15 atom stereocenters. The van der Waals surface area contributed by atoms with Crippen molar-refractivity contribution in [3.63, 3.8) is 0 Å². The van der Waals surface area contributed by atoms with Gasteiger partial charge in [0.2, 0.25) is 29.5 Å². The molecule has 0 bridgehead atoms. The van der Waals surface area contributed by atoms with Crippen LogP contribution in [0.4, 0.5) is 4.79 Å². The molecule has 0 spiro atoms. The standard InChI is InChI=1S/C54H90N6O21/c1-51(2,3)81-50(67)60-31(40-43(71-13)46-49(74-40)80-54(8,9)77-46)22-25-34(63)56-27-15-18-36(65)58-29(38-41(69-11)44-47(72-38)78-52(4,5)75-44)20-23-32(61)55-26-14-17-35(64)59-30(21-24-33(62)57-28-16-19-37(66)68-10)39-42(70-12)45-48(73-39)79-53(6,7)76-45/h29-31,38-49H,14-28H2,1-13H3,(H,55,61)(H,56,63)(H,57,62)(H,58,65)(H,59,64)(H,60,67)/t29-,30-,31-,38+,39+,40+,41-,42-,43-,44+,45+,46+,47+,48+,49+/m0/s1. The third kappa shape index (κ3) is 19.1. The summed E-state index contributed by atoms with van der Waals surface area (Å²) in [6.07, 6.45) is -7.17. The minimum absolute atomic E-state index is 0.00813. The van der Waals surface area contributed by atoms with E-state index in [1.54, 1.807) is 62.3 Å². The van der Waals surface area contributed by atoms with Gasteiger partial charge in [0.1, 0.15) is 60.5 Å². The van der Waals surface area contributed by atoms with E-state index in [2.05, 4.69) is 36.6 Å². The fourth-order valence-corrected chi connectivity index (χ4v) is 10.9. The molecule has 0 aliphatic carbocycles. The van der Waals surface area contributed by atoms with E-state index >= 15 is 0 Å². The number of methoxy groups -OCH3 is 4. The first-order chi connectivity index (χ1) is 38.1. The van der Waals surface area contributed by atoms with Crippen LogP contribution in [0.1, 0.15) is 139 Å². The van der Waals surface area contributed by atoms with Crippen molar-refractivity contribution in [2.75, 3.05) is 48.1 Å². The first-order valence-corrected chi connectivity index (χ1v) is 28.2. The Morgan fingerprint density at radius 3 is 1.07 bits per heavy atom. The number of amides is 6. The average Bonchev–Trinajstić information content (AvgIpc) is 4.42. The molecular weight excluding hydrogens is 1070 g/mol. The second kappa shape index (κ2) is 28.9. The van der Waals surface area contributed by atoms with Gasteiger partial charge in [-0.3, -0.25) is 28.8 Å². The van der Waals surface area contributed by atoms with Gasteiger partial charge >= 0.3 is 12.1 Å². The maximum absolute atomic E-state index is 13.6. The van der Waals surface area contributed by atoms with E-state index in [4.69, 9.17) is 61.6 Å². The second-order valence-electron chi connectivity index (χ2n) is 23.5. The summed E-state index contributed by atoms with van der Waals surface area (Å²) in [5, 5.41) is 17.4. The number of rotatable bonds is 30. The minimum atomic E-state index is -0.938. The fraction of sp³-hybridized carbons (Fsp3) is 0.870. The number of hydrogen-bond acceptors (Lipinski definition) is 21. The van der Waals surface area contributed by atoms with Crippen LogP contribution in [0.5, 0.6) is 0 Å². The molecule has 0 aromatic heterocycles. The molecule has 6 rings (SSSR count). The van der Waals surface area contributed by atoms with Crippen LogP contribution >= 0.6 is 0 Å². The van der Waals surface area contributed by atoms with Gasteiger partial charge in [0.05, 0.1) is 25.2 Å². The highest BCUT2D eigenvalue weighted by molar-refractivity contribution is 5.79. The Balaban J connectivity index is 0.975. The van der Waals surface area contributed by atoms with E-state index in [-0.39, 0.29) is 126 Å². The molecule has 27 nitrogen and oxygen atoms in total. The lowest BCUT2D eigenvalue weighted by Crippen LogP contribution is -2.51. The molecule has 6 saturated heterocycles. The van der Waals surface area contributed by atoms with Crippen molar-refractivity contribution in [1.82, 2.24) is 31.9 Å². The molecule has 0 aromatic carbocycles. The normalized spacial score (nSPS) is 30.5. The summed E-state index contributed by atoms with van der Waals surface area (Å²) < 4.78 is 82.4. The summed E-state index contributed by atoms with van der Waals surface area (Å²) in [5.74, 6) is -4.75. The lowest BCUT2D eigenvalue weighted by Gasteiger charge is -2.31. The molecule has 6 aliphatic heterocycles. The first kappa shape index (κ1) is 65.8. The third-order valence-corrected chi connectivity index (χ3v) is 14.4. The molecule has 6 heterocycles. The number of fused-ring (bicyclic) bond motifs is 3. The quantitative estimate of drug-likeness (QED) is 0.0441. The summed E-state index contributed by atoms with van der Waals surface area (Å²) >= 11 is 0. The molecule has 6 fully saturated rings. The lowest BCUT2D eigenvalue weighted by atomic mass is 9.98. The van der Waals surface area contributed by atoms with Gasteiger partial charge in [-0.2, -0.15) is 0 Å². The third-order valence-electron chi connectivity index (χ3n) is 14.4. The molecule has 27 heteroatoms. The van der Waals surface area contributed by atoms with Gasteiger partial charge in [0.25, 0.3) is 0 Å². The molecule has 0 saturated carbocycles. The second-order valence-corrected chi connectivity index (χ2v) is 23.5. The Hall–Kier alpha value is -4.39. The van der Waals surface area contributed by atoms with Crippen LogP contribution in [0.3, 0.4) is 0 Å². The predicted molar refractivity (Wildman–Crippen MR) is 282 cm³/mol. The zero-order valence-corrected chi connectivity index (χ0v) is 49.3. The van der Waals surface area contributed by atoms with E-state index < -0.39 is 121 Å². The highest BCUT2D eigenvalue weighted by Gasteiger charge is 2.59. The van der Waals surface area contributed by atoms with Crippen LogP contribution in [0.2, 0.25) is 0 Å². The Morgan fingerprint density at radius 1 is 0.444 bits per heavy atom. The molecular formula is C54H90N6O21. The smallest absolute Gasteiger partial charge is 0.407 e. The number of carbonyl (C=O) groups is 7. The predicted octanol–water partition coefficient (Wildman–Crippen LogP) is 1.73. The maximum atomic E-state index is 13.6. The zero-order valence-electron chi connectivity index (χ0n) is 49.3. The Labute approximate surface area is 474 Å². The van der Waals surface area contributed by atoms with Crippen molar-refractivity contribution < 1.29 is 99.9 Å². The van der Waals surface area contributed by atoms with E-state index in [0.29, 0.717) is 6.42 Å². The SMILES string of the molecule is COC(=O)CCCNC(=O)CC[C@H](NC(=O)CCCNC(=O)CC[C@H](NC(=O)CCCNC(=O)CC[C@H](NC(=O)OC(C)(C)C)[C@H]1O[C@@H]2OC(C)(C)O[C@@H]2[C@H]1OC)[C@H]1O[C@@H]2OC(C)(C)O[C@@H]2[C@H]1OC)[C@H]1O[C@@H]2OC(C)(C)O[C@@H]2[C@H]1OC. The first-order valence-electron chi connectivity index (χ1n) is 28.2. The lowest BCUT2D eigenvalue weighted by molar-refractivity contribution is -0.220. The molecule has 6 amide bonds. The topological polar surface area (TPSA) is 321 Å². The summed E-state index contributed by atoms with van der Waals surface area (Å²) in [5.41, 5.74) is -0.780. The van der Waals surface area contributed by atoms with Gasteiger partial charge in [-0.1, -0.05) is 0 Å². The minimum Gasteiger partial charge on any atom is -0.469 e.